The lowest BCUT2D eigenvalue weighted by Gasteiger charge is -2.26. The van der Waals surface area contributed by atoms with Crippen LogP contribution in [-0.2, 0) is 6.42 Å². The molecule has 0 fully saturated rings. The Bertz CT molecular complexity index is 1130. The summed E-state index contributed by atoms with van der Waals surface area (Å²) in [6.45, 7) is 2.10. The number of carboxylic acid groups (broad SMARTS) is 2. The zero-order chi connectivity index (χ0) is 19.8. The summed E-state index contributed by atoms with van der Waals surface area (Å²) in [7, 11) is 0. The van der Waals surface area contributed by atoms with Crippen LogP contribution in [0.25, 0.3) is 22.6 Å². The highest BCUT2D eigenvalue weighted by molar-refractivity contribution is 6.06. The van der Waals surface area contributed by atoms with Gasteiger partial charge in [0.2, 0.25) is 0 Å². The molecule has 0 spiro atoms. The van der Waals surface area contributed by atoms with E-state index >= 15 is 0 Å². The van der Waals surface area contributed by atoms with Crippen molar-refractivity contribution in [3.8, 4) is 0 Å². The summed E-state index contributed by atoms with van der Waals surface area (Å²) in [4.78, 5) is 27.9. The molecule has 5 nitrogen and oxygen atoms in total. The molecule has 0 amide bonds. The molecule has 2 aromatic carbocycles. The Labute approximate surface area is 162 Å². The molecule has 1 aliphatic rings. The fourth-order valence-corrected chi connectivity index (χ4v) is 3.90. The molecule has 2 N–H and O–H groups in total. The van der Waals surface area contributed by atoms with Crippen LogP contribution in [0, 0.1) is 5.92 Å². The van der Waals surface area contributed by atoms with Gasteiger partial charge in [0.15, 0.2) is 0 Å². The van der Waals surface area contributed by atoms with Gasteiger partial charge in [-0.25, -0.2) is 14.6 Å². The summed E-state index contributed by atoms with van der Waals surface area (Å²) in [6, 6.07) is 14.0. The standard InChI is InChI=1S/C23H19NO4/c1-13-10-16(12-14-6-8-15(9-7-14)22(25)26)21-18(11-13)20(23(27)28)17-4-2-3-5-19(17)24-21/h2-9,12-13H,10-11H2,1H3,(H,25,26)(H,27,28). The van der Waals surface area contributed by atoms with Crippen LogP contribution < -0.4 is 0 Å². The van der Waals surface area contributed by atoms with E-state index in [1.165, 1.54) is 0 Å². The SMILES string of the molecule is CC1CC(=Cc2ccc(C(=O)O)cc2)c2nc3ccccc3c(C(=O)O)c2C1. The first-order valence-electron chi connectivity index (χ1n) is 9.13. The summed E-state index contributed by atoms with van der Waals surface area (Å²) < 4.78 is 0. The highest BCUT2D eigenvalue weighted by Crippen LogP contribution is 2.38. The van der Waals surface area contributed by atoms with Crippen LogP contribution >= 0.6 is 0 Å². The molecule has 1 atom stereocenters. The van der Waals surface area contributed by atoms with E-state index in [0.717, 1.165) is 28.8 Å². The molecule has 1 unspecified atom stereocenters. The van der Waals surface area contributed by atoms with E-state index in [1.54, 1.807) is 30.3 Å². The minimum absolute atomic E-state index is 0.233. The molecule has 1 aromatic heterocycles. The van der Waals surface area contributed by atoms with Crippen LogP contribution in [0.3, 0.4) is 0 Å². The number of allylic oxidation sites excluding steroid dienone is 1. The van der Waals surface area contributed by atoms with Crippen molar-refractivity contribution >= 4 is 34.5 Å². The van der Waals surface area contributed by atoms with Crippen molar-refractivity contribution in [1.82, 2.24) is 4.98 Å². The monoisotopic (exact) mass is 373 g/mol. The molecule has 0 aliphatic heterocycles. The van der Waals surface area contributed by atoms with Gasteiger partial charge in [-0.1, -0.05) is 37.3 Å². The van der Waals surface area contributed by atoms with Gasteiger partial charge in [-0.2, -0.15) is 0 Å². The number of hydrogen-bond donors (Lipinski definition) is 2. The van der Waals surface area contributed by atoms with E-state index in [1.807, 2.05) is 24.3 Å². The van der Waals surface area contributed by atoms with Crippen molar-refractivity contribution in [2.24, 2.45) is 5.92 Å². The number of aromatic nitrogens is 1. The summed E-state index contributed by atoms with van der Waals surface area (Å²) in [5.74, 6) is -1.61. The van der Waals surface area contributed by atoms with Crippen molar-refractivity contribution in [2.75, 3.05) is 0 Å². The fraction of sp³-hybridized carbons (Fsp3) is 0.174. The molecule has 0 radical (unpaired) electrons. The van der Waals surface area contributed by atoms with Crippen LogP contribution in [0.1, 0.15) is 50.9 Å². The summed E-state index contributed by atoms with van der Waals surface area (Å²) in [6.07, 6.45) is 3.44. The number of carbonyl (C=O) groups is 2. The third-order valence-corrected chi connectivity index (χ3v) is 5.13. The van der Waals surface area contributed by atoms with E-state index in [9.17, 15) is 14.7 Å². The van der Waals surface area contributed by atoms with E-state index in [0.29, 0.717) is 22.9 Å². The molecule has 1 heterocycles. The van der Waals surface area contributed by atoms with Gasteiger partial charge in [-0.15, -0.1) is 0 Å². The van der Waals surface area contributed by atoms with Gasteiger partial charge < -0.3 is 10.2 Å². The topological polar surface area (TPSA) is 87.5 Å². The second-order valence-electron chi connectivity index (χ2n) is 7.25. The fourth-order valence-electron chi connectivity index (χ4n) is 3.90. The van der Waals surface area contributed by atoms with Crippen LogP contribution in [0.5, 0.6) is 0 Å². The third kappa shape index (κ3) is 3.16. The number of pyridine rings is 1. The Balaban J connectivity index is 1.91. The minimum Gasteiger partial charge on any atom is -0.478 e. The predicted molar refractivity (Wildman–Crippen MR) is 107 cm³/mol. The quantitative estimate of drug-likeness (QED) is 0.691. The van der Waals surface area contributed by atoms with Gasteiger partial charge >= 0.3 is 11.9 Å². The number of hydrogen-bond acceptors (Lipinski definition) is 3. The molecule has 140 valence electrons. The second kappa shape index (κ2) is 6.93. The first-order chi connectivity index (χ1) is 13.4. The summed E-state index contributed by atoms with van der Waals surface area (Å²) in [5.41, 5.74) is 4.59. The lowest BCUT2D eigenvalue weighted by molar-refractivity contribution is 0.0686. The highest BCUT2D eigenvalue weighted by Gasteiger charge is 2.27. The molecule has 4 rings (SSSR count). The zero-order valence-corrected chi connectivity index (χ0v) is 15.3. The average Bonchev–Trinajstić information content (AvgIpc) is 2.66. The molecule has 3 aromatic rings. The smallest absolute Gasteiger partial charge is 0.336 e. The number of nitrogens with zero attached hydrogens (tertiary/aromatic N) is 1. The first kappa shape index (κ1) is 17.9. The second-order valence-corrected chi connectivity index (χ2v) is 7.25. The lowest BCUT2D eigenvalue weighted by atomic mass is 9.80. The Hall–Kier alpha value is -3.47. The normalized spacial score (nSPS) is 17.5. The number of benzene rings is 2. The number of fused-ring (bicyclic) bond motifs is 2. The Morgan fingerprint density at radius 1 is 1.00 bits per heavy atom. The molecular formula is C23H19NO4. The number of aromatic carboxylic acids is 2. The lowest BCUT2D eigenvalue weighted by Crippen LogP contribution is -2.17. The van der Waals surface area contributed by atoms with Gasteiger partial charge in [0, 0.05) is 5.39 Å². The molecule has 0 bridgehead atoms. The van der Waals surface area contributed by atoms with E-state index in [2.05, 4.69) is 6.92 Å². The van der Waals surface area contributed by atoms with Crippen molar-refractivity contribution in [2.45, 2.75) is 19.8 Å². The molecule has 5 heteroatoms. The van der Waals surface area contributed by atoms with Crippen molar-refractivity contribution < 1.29 is 19.8 Å². The van der Waals surface area contributed by atoms with Gasteiger partial charge in [0.25, 0.3) is 0 Å². The highest BCUT2D eigenvalue weighted by atomic mass is 16.4. The van der Waals surface area contributed by atoms with E-state index in [4.69, 9.17) is 10.1 Å². The van der Waals surface area contributed by atoms with Crippen LogP contribution in [0.2, 0.25) is 0 Å². The largest absolute Gasteiger partial charge is 0.478 e. The molecule has 0 saturated carbocycles. The van der Waals surface area contributed by atoms with Crippen molar-refractivity contribution in [3.63, 3.8) is 0 Å². The molecule has 0 saturated heterocycles. The van der Waals surface area contributed by atoms with Gasteiger partial charge in [0.1, 0.15) is 0 Å². The third-order valence-electron chi connectivity index (χ3n) is 5.13. The summed E-state index contributed by atoms with van der Waals surface area (Å²) in [5, 5.41) is 19.6. The number of para-hydroxylation sites is 1. The maximum absolute atomic E-state index is 12.1. The van der Waals surface area contributed by atoms with Gasteiger partial charge in [0.05, 0.1) is 22.3 Å². The van der Waals surface area contributed by atoms with Gasteiger partial charge in [-0.05, 0) is 59.7 Å². The molecule has 1 aliphatic carbocycles. The Morgan fingerprint density at radius 2 is 1.71 bits per heavy atom. The predicted octanol–water partition coefficient (Wildman–Crippen LogP) is 4.75. The summed E-state index contributed by atoms with van der Waals surface area (Å²) >= 11 is 0. The molecular weight excluding hydrogens is 354 g/mol. The van der Waals surface area contributed by atoms with Crippen LogP contribution in [0.15, 0.2) is 48.5 Å². The minimum atomic E-state index is -0.963. The number of carboxylic acids is 2. The number of rotatable bonds is 3. The Morgan fingerprint density at radius 3 is 2.39 bits per heavy atom. The van der Waals surface area contributed by atoms with Crippen LogP contribution in [0.4, 0.5) is 0 Å². The first-order valence-corrected chi connectivity index (χ1v) is 9.13. The Kier molecular flexibility index (Phi) is 4.43. The van der Waals surface area contributed by atoms with E-state index in [-0.39, 0.29) is 11.5 Å². The molecule has 28 heavy (non-hydrogen) atoms. The van der Waals surface area contributed by atoms with Gasteiger partial charge in [-0.3, -0.25) is 0 Å². The maximum atomic E-state index is 12.1. The van der Waals surface area contributed by atoms with Crippen molar-refractivity contribution in [3.05, 3.63) is 76.5 Å². The zero-order valence-electron chi connectivity index (χ0n) is 15.3. The van der Waals surface area contributed by atoms with Crippen molar-refractivity contribution in [1.29, 1.82) is 0 Å². The van der Waals surface area contributed by atoms with Crippen LogP contribution in [-0.4, -0.2) is 27.1 Å². The maximum Gasteiger partial charge on any atom is 0.336 e. The van der Waals surface area contributed by atoms with E-state index < -0.39 is 11.9 Å². The average molecular weight is 373 g/mol.